The number of Topliss-reactive ketones (excluding diaryl/α,β-unsaturated/α-hetero) is 1. The normalized spacial score (nSPS) is 14.5. The summed E-state index contributed by atoms with van der Waals surface area (Å²) in [5.41, 5.74) is 0. The first kappa shape index (κ1) is 32.3. The predicted molar refractivity (Wildman–Crippen MR) is 140 cm³/mol. The summed E-state index contributed by atoms with van der Waals surface area (Å²) < 4.78 is 49.5. The highest BCUT2D eigenvalue weighted by molar-refractivity contribution is 7.89. The van der Waals surface area contributed by atoms with Gasteiger partial charge >= 0.3 is 12.1 Å². The van der Waals surface area contributed by atoms with Crippen LogP contribution in [0.4, 0.5) is 4.79 Å². The van der Waals surface area contributed by atoms with Crippen LogP contribution in [0.3, 0.4) is 0 Å². The van der Waals surface area contributed by atoms with Crippen molar-refractivity contribution in [3.8, 4) is 11.5 Å². The van der Waals surface area contributed by atoms with E-state index in [0.29, 0.717) is 24.7 Å². The zero-order valence-corrected chi connectivity index (χ0v) is 23.9. The van der Waals surface area contributed by atoms with Crippen LogP contribution < -0.4 is 14.8 Å². The van der Waals surface area contributed by atoms with Crippen LogP contribution in [0.5, 0.6) is 11.5 Å². The van der Waals surface area contributed by atoms with Crippen molar-refractivity contribution in [1.29, 1.82) is 0 Å². The van der Waals surface area contributed by atoms with Gasteiger partial charge in [-0.15, -0.1) is 0 Å². The minimum absolute atomic E-state index is 0.0170. The van der Waals surface area contributed by atoms with E-state index in [-0.39, 0.29) is 55.9 Å². The highest BCUT2D eigenvalue weighted by Gasteiger charge is 2.33. The zero-order chi connectivity index (χ0) is 29.2. The Labute approximate surface area is 229 Å². The minimum Gasteiger partial charge on any atom is -0.465 e. The van der Waals surface area contributed by atoms with Crippen LogP contribution in [-0.2, 0) is 29.1 Å². The second-order valence-electron chi connectivity index (χ2n) is 9.77. The molecule has 13 nitrogen and oxygen atoms in total. The molecule has 1 aromatic rings. The lowest BCUT2D eigenvalue weighted by Crippen LogP contribution is -2.50. The Morgan fingerprint density at radius 1 is 1.10 bits per heavy atom. The van der Waals surface area contributed by atoms with Crippen LogP contribution in [-0.4, -0.2) is 106 Å². The molecule has 1 heterocycles. The number of carboxylic acid groups (broad SMARTS) is 1. The maximum Gasteiger partial charge on any atom is 0.404 e. The summed E-state index contributed by atoms with van der Waals surface area (Å²) in [5, 5.41) is 11.5. The number of methoxy groups -OCH3 is 1. The first-order valence-electron chi connectivity index (χ1n) is 12.6. The molecule has 0 radical (unpaired) electrons. The summed E-state index contributed by atoms with van der Waals surface area (Å²) >= 11 is 0. The van der Waals surface area contributed by atoms with Crippen LogP contribution in [0, 0.1) is 5.92 Å². The first-order valence-corrected chi connectivity index (χ1v) is 14.0. The molecule has 1 aliphatic rings. The number of amides is 1. The van der Waals surface area contributed by atoms with Gasteiger partial charge in [0.2, 0.25) is 16.8 Å². The topological polar surface area (TPSA) is 161 Å². The maximum absolute atomic E-state index is 13.6. The van der Waals surface area contributed by atoms with E-state index in [9.17, 15) is 27.9 Å². The van der Waals surface area contributed by atoms with E-state index in [2.05, 4.69) is 5.32 Å². The van der Waals surface area contributed by atoms with Gasteiger partial charge < -0.3 is 29.4 Å². The third-order valence-corrected chi connectivity index (χ3v) is 7.68. The van der Waals surface area contributed by atoms with Gasteiger partial charge in [0.05, 0.1) is 37.1 Å². The molecule has 2 atom stereocenters. The Bertz CT molecular complexity index is 1100. The molecule has 0 saturated carbocycles. The number of hydrogen-bond donors (Lipinski definition) is 2. The van der Waals surface area contributed by atoms with E-state index < -0.39 is 34.2 Å². The molecule has 2 N–H and O–H groups in total. The summed E-state index contributed by atoms with van der Waals surface area (Å²) in [6, 6.07) is 3.31. The molecule has 0 bridgehead atoms. The van der Waals surface area contributed by atoms with Crippen molar-refractivity contribution in [2.45, 2.75) is 50.7 Å². The largest absolute Gasteiger partial charge is 0.465 e. The molecule has 0 spiro atoms. The highest BCUT2D eigenvalue weighted by Crippen LogP contribution is 2.35. The lowest BCUT2D eigenvalue weighted by Gasteiger charge is -2.31. The maximum atomic E-state index is 13.6. The van der Waals surface area contributed by atoms with Crippen molar-refractivity contribution in [1.82, 2.24) is 14.5 Å². The molecule has 2 rings (SSSR count). The van der Waals surface area contributed by atoms with Crippen molar-refractivity contribution in [3.05, 3.63) is 18.2 Å². The Kier molecular flexibility index (Phi) is 12.4. The number of fused-ring (bicyclic) bond motifs is 1. The predicted octanol–water partition coefficient (Wildman–Crippen LogP) is 1.56. The van der Waals surface area contributed by atoms with Crippen LogP contribution >= 0.6 is 0 Å². The van der Waals surface area contributed by atoms with E-state index in [1.807, 2.05) is 13.8 Å². The Morgan fingerprint density at radius 3 is 2.44 bits per heavy atom. The summed E-state index contributed by atoms with van der Waals surface area (Å²) in [6.07, 6.45) is -2.82. The number of esters is 1. The number of ketones is 1. The lowest BCUT2D eigenvalue weighted by atomic mass is 10.1. The van der Waals surface area contributed by atoms with Gasteiger partial charge in [-0.25, -0.2) is 13.2 Å². The molecular formula is C25H39N3O10S. The molecule has 14 heteroatoms. The first-order chi connectivity index (χ1) is 18.3. The number of benzene rings is 1. The van der Waals surface area contributed by atoms with Gasteiger partial charge in [0, 0.05) is 32.7 Å². The fourth-order valence-electron chi connectivity index (χ4n) is 3.83. The molecular weight excluding hydrogens is 534 g/mol. The molecule has 0 aromatic heterocycles. The molecule has 0 aliphatic carbocycles. The van der Waals surface area contributed by atoms with Crippen LogP contribution in [0.2, 0.25) is 0 Å². The molecule has 0 fully saturated rings. The smallest absolute Gasteiger partial charge is 0.404 e. The number of nitrogens with zero attached hydrogens (tertiary/aromatic N) is 2. The number of rotatable bonds is 17. The van der Waals surface area contributed by atoms with Gasteiger partial charge in [0.15, 0.2) is 11.5 Å². The number of carbonyl (C=O) groups excluding carboxylic acids is 2. The van der Waals surface area contributed by atoms with Crippen LogP contribution in [0.1, 0.15) is 33.6 Å². The second-order valence-corrected chi connectivity index (χ2v) is 11.7. The van der Waals surface area contributed by atoms with Crippen molar-refractivity contribution >= 4 is 27.9 Å². The van der Waals surface area contributed by atoms with Crippen LogP contribution in [0.25, 0.3) is 0 Å². The van der Waals surface area contributed by atoms with Crippen molar-refractivity contribution in [2.24, 2.45) is 5.92 Å². The van der Waals surface area contributed by atoms with E-state index in [1.54, 1.807) is 19.1 Å². The van der Waals surface area contributed by atoms with Gasteiger partial charge in [0.25, 0.3) is 0 Å². The van der Waals surface area contributed by atoms with E-state index in [4.69, 9.17) is 18.9 Å². The standard InChI is InChI=1S/C25H39N3O10S/c1-17(2)13-28(39(33,34)20-7-8-21-22(12-20)37-16-36-21)15-23(18(3)26-25(31)32)38-24(30)9-6-19(29)14-27(4)10-11-35-5/h7-8,12,17-18,23,26H,6,9-11,13-16H2,1-5H3,(H,31,32). The molecule has 1 aromatic carbocycles. The van der Waals surface area contributed by atoms with Gasteiger partial charge in [-0.1, -0.05) is 13.8 Å². The number of nitrogens with one attached hydrogen (secondary N) is 1. The number of likely N-dealkylation sites (N-methyl/N-ethyl adjacent to an activating group) is 1. The molecule has 39 heavy (non-hydrogen) atoms. The third-order valence-electron chi connectivity index (χ3n) is 5.86. The highest BCUT2D eigenvalue weighted by atomic mass is 32.2. The summed E-state index contributed by atoms with van der Waals surface area (Å²) in [7, 11) is -0.777. The van der Waals surface area contributed by atoms with Gasteiger partial charge in [-0.3, -0.25) is 14.5 Å². The minimum atomic E-state index is -4.10. The Hall–Kier alpha value is -2.94. The van der Waals surface area contributed by atoms with Crippen molar-refractivity contribution < 1.29 is 46.9 Å². The van der Waals surface area contributed by atoms with E-state index >= 15 is 0 Å². The number of carbonyl (C=O) groups is 3. The van der Waals surface area contributed by atoms with Crippen LogP contribution in [0.15, 0.2) is 23.1 Å². The number of ether oxygens (including phenoxy) is 4. The van der Waals surface area contributed by atoms with Gasteiger partial charge in [-0.2, -0.15) is 4.31 Å². The molecule has 2 unspecified atom stereocenters. The summed E-state index contributed by atoms with van der Waals surface area (Å²) in [6.45, 7) is 6.04. The average molecular weight is 574 g/mol. The quantitative estimate of drug-likeness (QED) is 0.260. The SMILES string of the molecule is COCCN(C)CC(=O)CCC(=O)OC(CN(CC(C)C)S(=O)(=O)c1ccc2c(c1)OCO2)C(C)NC(=O)O. The lowest BCUT2D eigenvalue weighted by molar-refractivity contribution is -0.151. The Balaban J connectivity index is 2.17. The summed E-state index contributed by atoms with van der Waals surface area (Å²) in [4.78, 5) is 38.0. The third kappa shape index (κ3) is 10.3. The van der Waals surface area contributed by atoms with E-state index in [1.165, 1.54) is 25.1 Å². The van der Waals surface area contributed by atoms with Gasteiger partial charge in [-0.05, 0) is 32.0 Å². The number of sulfonamides is 1. The molecule has 1 amide bonds. The molecule has 0 saturated heterocycles. The van der Waals surface area contributed by atoms with Gasteiger partial charge in [0.1, 0.15) is 11.9 Å². The summed E-state index contributed by atoms with van der Waals surface area (Å²) in [5.74, 6) is -0.292. The average Bonchev–Trinajstić information content (AvgIpc) is 3.32. The zero-order valence-electron chi connectivity index (χ0n) is 23.0. The molecule has 220 valence electrons. The molecule has 1 aliphatic heterocycles. The second kappa shape index (κ2) is 15.0. The fourth-order valence-corrected chi connectivity index (χ4v) is 5.46. The van der Waals surface area contributed by atoms with Crippen molar-refractivity contribution in [2.75, 3.05) is 53.7 Å². The number of hydrogen-bond acceptors (Lipinski definition) is 10. The van der Waals surface area contributed by atoms with E-state index in [0.717, 1.165) is 4.31 Å². The monoisotopic (exact) mass is 573 g/mol. The fraction of sp³-hybridized carbons (Fsp3) is 0.640. The van der Waals surface area contributed by atoms with Crippen molar-refractivity contribution in [3.63, 3.8) is 0 Å². The Morgan fingerprint density at radius 2 is 1.79 bits per heavy atom.